The molecule has 0 fully saturated rings. The summed E-state index contributed by atoms with van der Waals surface area (Å²) in [5.41, 5.74) is 3.35. The van der Waals surface area contributed by atoms with Crippen molar-refractivity contribution in [1.29, 1.82) is 0 Å². The summed E-state index contributed by atoms with van der Waals surface area (Å²) in [5.74, 6) is -0.353. The van der Waals surface area contributed by atoms with Gasteiger partial charge in [-0.15, -0.1) is 0 Å². The van der Waals surface area contributed by atoms with Crippen molar-refractivity contribution in [2.24, 2.45) is 0 Å². The van der Waals surface area contributed by atoms with Gasteiger partial charge in [-0.1, -0.05) is 17.7 Å². The highest BCUT2D eigenvalue weighted by atomic mass is 35.5. The number of hydrogen-bond donors (Lipinski definition) is 2. The minimum Gasteiger partial charge on any atom is -0.280 e. The van der Waals surface area contributed by atoms with Gasteiger partial charge in [-0.05, 0) is 60.2 Å². The molecule has 152 valence electrons. The average Bonchev–Trinajstić information content (AvgIpc) is 3.17. The first-order valence-electron chi connectivity index (χ1n) is 8.93. The van der Waals surface area contributed by atoms with Crippen molar-refractivity contribution in [3.05, 3.63) is 89.6 Å². The minimum absolute atomic E-state index is 0.0271. The number of nitrogens with one attached hydrogen (secondary N) is 2. The summed E-state index contributed by atoms with van der Waals surface area (Å²) in [7, 11) is -3.79. The van der Waals surface area contributed by atoms with E-state index in [1.807, 2.05) is 0 Å². The topological polar surface area (TPSA) is 87.7 Å². The van der Waals surface area contributed by atoms with E-state index >= 15 is 0 Å². The van der Waals surface area contributed by atoms with Gasteiger partial charge in [-0.2, -0.15) is 5.10 Å². The summed E-state index contributed by atoms with van der Waals surface area (Å²) >= 11 is 5.91. The molecule has 9 heteroatoms. The third-order valence-electron chi connectivity index (χ3n) is 4.47. The van der Waals surface area contributed by atoms with E-state index in [2.05, 4.69) is 19.9 Å². The third-order valence-corrected chi connectivity index (χ3v) is 6.11. The summed E-state index contributed by atoms with van der Waals surface area (Å²) in [6.45, 7) is -0.0271. The van der Waals surface area contributed by atoms with Crippen molar-refractivity contribution < 1.29 is 12.8 Å². The number of H-pyrrole nitrogens is 1. The molecular formula is C21H16ClFN4O2S. The Bertz CT molecular complexity index is 1280. The van der Waals surface area contributed by atoms with Crippen LogP contribution >= 0.6 is 11.6 Å². The Morgan fingerprint density at radius 1 is 1.00 bits per heavy atom. The highest BCUT2D eigenvalue weighted by Crippen LogP contribution is 2.33. The number of nitrogens with zero attached hydrogens (tertiary/aromatic N) is 2. The maximum atomic E-state index is 13.4. The molecule has 0 bridgehead atoms. The molecule has 0 unspecified atom stereocenters. The van der Waals surface area contributed by atoms with Gasteiger partial charge in [0, 0.05) is 28.5 Å². The Morgan fingerprint density at radius 3 is 2.43 bits per heavy atom. The van der Waals surface area contributed by atoms with Crippen LogP contribution in [0.5, 0.6) is 0 Å². The summed E-state index contributed by atoms with van der Waals surface area (Å²) in [5, 5.41) is 7.59. The van der Waals surface area contributed by atoms with E-state index in [1.165, 1.54) is 24.3 Å². The van der Waals surface area contributed by atoms with Crippen molar-refractivity contribution in [2.45, 2.75) is 11.4 Å². The number of sulfonamides is 1. The van der Waals surface area contributed by atoms with Crippen LogP contribution in [0.25, 0.3) is 22.4 Å². The van der Waals surface area contributed by atoms with E-state index in [4.69, 9.17) is 11.6 Å². The maximum Gasteiger partial charge on any atom is 0.240 e. The molecule has 0 atom stereocenters. The van der Waals surface area contributed by atoms with Gasteiger partial charge in [-0.25, -0.2) is 17.5 Å². The van der Waals surface area contributed by atoms with Gasteiger partial charge >= 0.3 is 0 Å². The maximum absolute atomic E-state index is 13.4. The lowest BCUT2D eigenvalue weighted by atomic mass is 10.00. The van der Waals surface area contributed by atoms with E-state index < -0.39 is 10.0 Å². The van der Waals surface area contributed by atoms with E-state index in [9.17, 15) is 12.8 Å². The molecule has 4 rings (SSSR count). The van der Waals surface area contributed by atoms with Gasteiger partial charge in [0.05, 0.1) is 17.1 Å². The number of benzene rings is 2. The minimum atomic E-state index is -3.79. The zero-order valence-corrected chi connectivity index (χ0v) is 17.1. The van der Waals surface area contributed by atoms with Crippen LogP contribution in [-0.2, 0) is 16.6 Å². The fourth-order valence-corrected chi connectivity index (χ4v) is 4.33. The second-order valence-corrected chi connectivity index (χ2v) is 8.65. The fraction of sp³-hybridized carbons (Fsp3) is 0.0476. The number of rotatable bonds is 6. The first kappa shape index (κ1) is 20.2. The lowest BCUT2D eigenvalue weighted by molar-refractivity contribution is 0.580. The van der Waals surface area contributed by atoms with Crippen molar-refractivity contribution >= 4 is 21.6 Å². The second-order valence-electron chi connectivity index (χ2n) is 6.45. The van der Waals surface area contributed by atoms with Gasteiger partial charge in [-0.3, -0.25) is 10.1 Å². The van der Waals surface area contributed by atoms with E-state index in [-0.39, 0.29) is 17.3 Å². The molecule has 0 spiro atoms. The monoisotopic (exact) mass is 442 g/mol. The van der Waals surface area contributed by atoms with E-state index in [0.717, 1.165) is 5.56 Å². The van der Waals surface area contributed by atoms with Crippen LogP contribution in [0, 0.1) is 5.82 Å². The molecule has 2 N–H and O–H groups in total. The van der Waals surface area contributed by atoms with E-state index in [0.29, 0.717) is 27.5 Å². The molecule has 0 radical (unpaired) electrons. The van der Waals surface area contributed by atoms with Crippen molar-refractivity contribution in [1.82, 2.24) is 19.9 Å². The molecule has 0 amide bonds. The Morgan fingerprint density at radius 2 is 1.73 bits per heavy atom. The van der Waals surface area contributed by atoms with Gasteiger partial charge in [0.2, 0.25) is 10.0 Å². The smallest absolute Gasteiger partial charge is 0.240 e. The first-order chi connectivity index (χ1) is 14.4. The average molecular weight is 443 g/mol. The largest absolute Gasteiger partial charge is 0.280 e. The van der Waals surface area contributed by atoms with Crippen LogP contribution in [-0.4, -0.2) is 23.6 Å². The fourth-order valence-electron chi connectivity index (χ4n) is 3.04. The molecule has 0 aliphatic rings. The van der Waals surface area contributed by atoms with Crippen LogP contribution in [0.4, 0.5) is 4.39 Å². The van der Waals surface area contributed by atoms with Crippen LogP contribution in [0.15, 0.2) is 78.0 Å². The second kappa shape index (κ2) is 8.35. The molecule has 4 aromatic rings. The zero-order valence-electron chi connectivity index (χ0n) is 15.5. The summed E-state index contributed by atoms with van der Waals surface area (Å²) in [4.78, 5) is 4.10. The standard InChI is InChI=1S/C21H16ClFN4O2S/c22-16-2-1-3-18(12-16)30(28,29)25-13-19-20(14-8-10-24-11-9-14)21(27-26-19)15-4-6-17(23)7-5-15/h1-12,25H,13H2,(H,26,27). The Labute approximate surface area is 177 Å². The lowest BCUT2D eigenvalue weighted by Crippen LogP contribution is -2.23. The first-order valence-corrected chi connectivity index (χ1v) is 10.8. The molecule has 2 heterocycles. The normalized spacial score (nSPS) is 11.5. The Hall–Kier alpha value is -3.07. The molecule has 0 aliphatic heterocycles. The molecular weight excluding hydrogens is 427 g/mol. The van der Waals surface area contributed by atoms with Crippen molar-refractivity contribution in [2.75, 3.05) is 0 Å². The number of hydrogen-bond acceptors (Lipinski definition) is 4. The predicted octanol–water partition coefficient (Wildman–Crippen LogP) is 4.41. The molecule has 2 aromatic heterocycles. The van der Waals surface area contributed by atoms with Crippen LogP contribution in [0.2, 0.25) is 5.02 Å². The van der Waals surface area contributed by atoms with Gasteiger partial charge in [0.25, 0.3) is 0 Å². The SMILES string of the molecule is O=S(=O)(NCc1[nH]nc(-c2ccc(F)cc2)c1-c1ccncc1)c1cccc(Cl)c1. The van der Waals surface area contributed by atoms with Gasteiger partial charge in [0.1, 0.15) is 11.5 Å². The number of pyridine rings is 1. The van der Waals surface area contributed by atoms with Crippen LogP contribution < -0.4 is 4.72 Å². The Balaban J connectivity index is 1.71. The third kappa shape index (κ3) is 4.25. The van der Waals surface area contributed by atoms with Gasteiger partial charge < -0.3 is 0 Å². The summed E-state index contributed by atoms with van der Waals surface area (Å²) in [6.07, 6.45) is 3.27. The zero-order chi connectivity index (χ0) is 21.1. The van der Waals surface area contributed by atoms with Crippen LogP contribution in [0.3, 0.4) is 0 Å². The number of aromatic nitrogens is 3. The highest BCUT2D eigenvalue weighted by Gasteiger charge is 2.20. The predicted molar refractivity (Wildman–Crippen MR) is 113 cm³/mol. The molecule has 30 heavy (non-hydrogen) atoms. The number of halogens is 2. The summed E-state index contributed by atoms with van der Waals surface area (Å²) < 4.78 is 41.2. The van der Waals surface area contributed by atoms with Gasteiger partial charge in [0.15, 0.2) is 0 Å². The molecule has 6 nitrogen and oxygen atoms in total. The summed E-state index contributed by atoms with van der Waals surface area (Å²) in [6, 6.07) is 15.6. The molecule has 0 aliphatic carbocycles. The lowest BCUT2D eigenvalue weighted by Gasteiger charge is -2.09. The Kier molecular flexibility index (Phi) is 5.63. The van der Waals surface area contributed by atoms with E-state index in [1.54, 1.807) is 48.8 Å². The highest BCUT2D eigenvalue weighted by molar-refractivity contribution is 7.89. The molecule has 2 aromatic carbocycles. The molecule has 0 saturated carbocycles. The van der Waals surface area contributed by atoms with Crippen molar-refractivity contribution in [3.8, 4) is 22.4 Å². The molecule has 0 saturated heterocycles. The van der Waals surface area contributed by atoms with Crippen molar-refractivity contribution in [3.63, 3.8) is 0 Å². The number of aromatic amines is 1. The van der Waals surface area contributed by atoms with Crippen LogP contribution in [0.1, 0.15) is 5.69 Å². The quantitative estimate of drug-likeness (QED) is 0.463.